The Morgan fingerprint density at radius 3 is 2.69 bits per heavy atom. The summed E-state index contributed by atoms with van der Waals surface area (Å²) in [5, 5.41) is 24.7. The lowest BCUT2D eigenvalue weighted by Gasteiger charge is -2.27. The zero-order valence-corrected chi connectivity index (χ0v) is 18.6. The molecule has 0 radical (unpaired) electrons. The largest absolute Gasteiger partial charge is 0.494 e. The van der Waals surface area contributed by atoms with Gasteiger partial charge in [0.2, 0.25) is 0 Å². The molecule has 3 N–H and O–H groups in total. The Labute approximate surface area is 202 Å². The van der Waals surface area contributed by atoms with Crippen LogP contribution in [-0.2, 0) is 23.5 Å². The normalized spacial score (nSPS) is 17.5. The van der Waals surface area contributed by atoms with Crippen LogP contribution in [-0.4, -0.2) is 31.9 Å². The number of hydrogen-bond acceptors (Lipinski definition) is 7. The van der Waals surface area contributed by atoms with Crippen LogP contribution in [0.1, 0.15) is 11.1 Å². The van der Waals surface area contributed by atoms with Gasteiger partial charge in [0.15, 0.2) is 11.4 Å². The van der Waals surface area contributed by atoms with Gasteiger partial charge in [-0.15, -0.1) is 0 Å². The van der Waals surface area contributed by atoms with Crippen molar-refractivity contribution in [1.82, 2.24) is 25.5 Å². The van der Waals surface area contributed by atoms with E-state index in [4.69, 9.17) is 9.37 Å². The Morgan fingerprint density at radius 1 is 1.08 bits per heavy atom. The maximum Gasteiger partial charge on any atom is 0.322 e. The van der Waals surface area contributed by atoms with E-state index in [2.05, 4.69) is 20.9 Å². The van der Waals surface area contributed by atoms with Gasteiger partial charge in [-0.25, -0.2) is 13.8 Å². The van der Waals surface area contributed by atoms with Crippen LogP contribution < -0.4 is 15.4 Å². The molecule has 0 saturated carbocycles. The number of aromatic nitrogens is 3. The number of aromatic hydroxyl groups is 1. The van der Waals surface area contributed by atoms with Crippen molar-refractivity contribution < 1.29 is 28.5 Å². The molecular formula is C25H18FN5O5. The highest BCUT2D eigenvalue weighted by atomic mass is 19.1. The second-order valence-electron chi connectivity index (χ2n) is 8.49. The topological polar surface area (TPSA) is 132 Å². The van der Waals surface area contributed by atoms with Crippen LogP contribution in [0, 0.1) is 5.82 Å². The molecule has 0 bridgehead atoms. The monoisotopic (exact) mass is 487 g/mol. The molecule has 0 aliphatic carbocycles. The summed E-state index contributed by atoms with van der Waals surface area (Å²) in [6.45, 7) is 0.109. The molecule has 3 heterocycles. The first-order chi connectivity index (χ1) is 17.4. The summed E-state index contributed by atoms with van der Waals surface area (Å²) in [4.78, 5) is 24.9. The quantitative estimate of drug-likeness (QED) is 0.313. The summed E-state index contributed by atoms with van der Waals surface area (Å²) < 4.78 is 25.7. The van der Waals surface area contributed by atoms with E-state index in [1.165, 1.54) is 28.8 Å². The number of hydrogen-bond donors (Lipinski definition) is 3. The SMILES string of the molecule is O=C1NC(=O)C(Cn2cc3cc(OCc4cccc5nonc45)ccc3c2O)(c2ccc(F)cc2)N1. The highest BCUT2D eigenvalue weighted by molar-refractivity contribution is 6.07. The van der Waals surface area contributed by atoms with Gasteiger partial charge >= 0.3 is 6.03 Å². The van der Waals surface area contributed by atoms with Crippen LogP contribution in [0.3, 0.4) is 0 Å². The lowest BCUT2D eigenvalue weighted by atomic mass is 9.89. The molecule has 2 aromatic heterocycles. The highest BCUT2D eigenvalue weighted by Gasteiger charge is 2.48. The Bertz CT molecular complexity index is 1640. The number of urea groups is 1. The molecule has 1 saturated heterocycles. The molecule has 3 aromatic carbocycles. The highest BCUT2D eigenvalue weighted by Crippen LogP contribution is 2.35. The molecule has 1 atom stereocenters. The fraction of sp³-hybridized carbons (Fsp3) is 0.120. The summed E-state index contributed by atoms with van der Waals surface area (Å²) in [5.41, 5.74) is 0.904. The van der Waals surface area contributed by atoms with Crippen molar-refractivity contribution in [3.05, 3.63) is 83.8 Å². The molecule has 10 nitrogen and oxygen atoms in total. The number of imide groups is 1. The predicted octanol–water partition coefficient (Wildman–Crippen LogP) is 3.34. The molecule has 1 fully saturated rings. The summed E-state index contributed by atoms with van der Waals surface area (Å²) in [5.74, 6) is -0.618. The fourth-order valence-corrected chi connectivity index (χ4v) is 4.47. The van der Waals surface area contributed by atoms with Gasteiger partial charge in [-0.1, -0.05) is 24.3 Å². The minimum atomic E-state index is -1.53. The number of amides is 3. The van der Waals surface area contributed by atoms with Crippen molar-refractivity contribution in [2.24, 2.45) is 0 Å². The van der Waals surface area contributed by atoms with Gasteiger partial charge in [0.05, 0.1) is 6.54 Å². The Hall–Kier alpha value is -4.93. The number of nitrogens with one attached hydrogen (secondary N) is 2. The molecule has 1 unspecified atom stereocenters. The third kappa shape index (κ3) is 3.49. The Kier molecular flexibility index (Phi) is 4.85. The van der Waals surface area contributed by atoms with E-state index in [0.29, 0.717) is 33.1 Å². The maximum absolute atomic E-state index is 13.5. The Balaban J connectivity index is 1.31. The minimum absolute atomic E-state index is 0.0922. The van der Waals surface area contributed by atoms with Crippen LogP contribution >= 0.6 is 0 Å². The first kappa shape index (κ1) is 21.6. The van der Waals surface area contributed by atoms with Gasteiger partial charge in [-0.05, 0) is 52.3 Å². The predicted molar refractivity (Wildman–Crippen MR) is 124 cm³/mol. The first-order valence-corrected chi connectivity index (χ1v) is 11.0. The molecule has 11 heteroatoms. The molecular weight excluding hydrogens is 469 g/mol. The third-order valence-corrected chi connectivity index (χ3v) is 6.28. The zero-order chi connectivity index (χ0) is 24.9. The summed E-state index contributed by atoms with van der Waals surface area (Å²) in [6, 6.07) is 15.3. The van der Waals surface area contributed by atoms with Gasteiger partial charge in [0.25, 0.3) is 5.91 Å². The number of benzene rings is 3. The van der Waals surface area contributed by atoms with Gasteiger partial charge in [-0.3, -0.25) is 10.1 Å². The lowest BCUT2D eigenvalue weighted by Crippen LogP contribution is -2.47. The smallest absolute Gasteiger partial charge is 0.322 e. The standard InChI is InChI=1S/C25H18FN5O5/c26-17-6-4-16(5-7-17)25(23(33)27-24(34)28-25)13-31-11-15-10-18(8-9-19(15)22(31)32)35-12-14-2-1-3-20-21(14)30-36-29-20/h1-11,32H,12-13H2,(H2,27,28,33,34). The van der Waals surface area contributed by atoms with Gasteiger partial charge in [0, 0.05) is 22.5 Å². The number of rotatable bonds is 6. The van der Waals surface area contributed by atoms with E-state index in [0.717, 1.165) is 5.56 Å². The van der Waals surface area contributed by atoms with Crippen molar-refractivity contribution in [1.29, 1.82) is 0 Å². The molecule has 5 aromatic rings. The molecule has 3 amide bonds. The first-order valence-electron chi connectivity index (χ1n) is 11.0. The number of ether oxygens (including phenoxy) is 1. The molecule has 36 heavy (non-hydrogen) atoms. The average Bonchev–Trinajstić information content (AvgIpc) is 3.55. The molecule has 0 spiro atoms. The van der Waals surface area contributed by atoms with E-state index >= 15 is 0 Å². The van der Waals surface area contributed by atoms with E-state index in [-0.39, 0.29) is 19.0 Å². The number of fused-ring (bicyclic) bond motifs is 2. The van der Waals surface area contributed by atoms with E-state index < -0.39 is 23.3 Å². The van der Waals surface area contributed by atoms with Gasteiger partial charge in [0.1, 0.15) is 29.2 Å². The van der Waals surface area contributed by atoms with Gasteiger partial charge < -0.3 is 19.7 Å². The Morgan fingerprint density at radius 2 is 1.92 bits per heavy atom. The van der Waals surface area contributed by atoms with E-state index in [1.807, 2.05) is 12.1 Å². The molecule has 180 valence electrons. The zero-order valence-electron chi connectivity index (χ0n) is 18.6. The van der Waals surface area contributed by atoms with Crippen LogP contribution in [0.2, 0.25) is 0 Å². The van der Waals surface area contributed by atoms with Crippen LogP contribution in [0.25, 0.3) is 21.8 Å². The number of halogens is 1. The van der Waals surface area contributed by atoms with E-state index in [9.17, 15) is 19.1 Å². The summed E-state index contributed by atoms with van der Waals surface area (Å²) in [7, 11) is 0. The van der Waals surface area contributed by atoms with Crippen molar-refractivity contribution >= 4 is 33.7 Å². The van der Waals surface area contributed by atoms with Crippen LogP contribution in [0.4, 0.5) is 9.18 Å². The fourth-order valence-electron chi connectivity index (χ4n) is 4.47. The number of nitrogens with zero attached hydrogens (tertiary/aromatic N) is 3. The minimum Gasteiger partial charge on any atom is -0.494 e. The second-order valence-corrected chi connectivity index (χ2v) is 8.49. The summed E-state index contributed by atoms with van der Waals surface area (Å²) in [6.07, 6.45) is 1.66. The number of carbonyl (C=O) groups is 2. The summed E-state index contributed by atoms with van der Waals surface area (Å²) >= 11 is 0. The van der Waals surface area contributed by atoms with Crippen molar-refractivity contribution in [3.8, 4) is 11.6 Å². The number of carbonyl (C=O) groups excluding carboxylic acids is 2. The average molecular weight is 487 g/mol. The lowest BCUT2D eigenvalue weighted by molar-refractivity contribution is -0.124. The van der Waals surface area contributed by atoms with E-state index in [1.54, 1.807) is 30.5 Å². The third-order valence-electron chi connectivity index (χ3n) is 6.28. The second kappa shape index (κ2) is 8.08. The van der Waals surface area contributed by atoms with Gasteiger partial charge in [-0.2, -0.15) is 0 Å². The molecule has 6 rings (SSSR count). The van der Waals surface area contributed by atoms with Crippen molar-refractivity contribution in [2.45, 2.75) is 18.7 Å². The molecule has 1 aliphatic rings. The van der Waals surface area contributed by atoms with Crippen LogP contribution in [0.5, 0.6) is 11.6 Å². The maximum atomic E-state index is 13.5. The molecule has 1 aliphatic heterocycles. The van der Waals surface area contributed by atoms with Crippen LogP contribution in [0.15, 0.2) is 71.5 Å². The van der Waals surface area contributed by atoms with Crippen molar-refractivity contribution in [3.63, 3.8) is 0 Å². The van der Waals surface area contributed by atoms with Crippen molar-refractivity contribution in [2.75, 3.05) is 0 Å².